The Balaban J connectivity index is 1.56. The molecule has 0 radical (unpaired) electrons. The second-order valence-corrected chi connectivity index (χ2v) is 10.0. The van der Waals surface area contributed by atoms with Crippen LogP contribution in [0.3, 0.4) is 0 Å². The maximum absolute atomic E-state index is 13.6. The average Bonchev–Trinajstić information content (AvgIpc) is 3.31. The van der Waals surface area contributed by atoms with Crippen molar-refractivity contribution in [2.24, 2.45) is 0 Å². The molecule has 1 heterocycles. The highest BCUT2D eigenvalue weighted by molar-refractivity contribution is 6.45. The molecular formula is C27H35N3O6. The number of benzene rings is 1. The number of aliphatic hydroxyl groups excluding tert-OH is 1. The topological polar surface area (TPSA) is 131 Å². The highest BCUT2D eigenvalue weighted by Gasteiger charge is 2.35. The minimum Gasteiger partial charge on any atom is -0.480 e. The molecule has 2 amide bonds. The number of nitrogens with one attached hydrogen (secondary N) is 1. The summed E-state index contributed by atoms with van der Waals surface area (Å²) in [6.45, 7) is -1.32. The molecule has 0 atom stereocenters. The Labute approximate surface area is 210 Å². The van der Waals surface area contributed by atoms with Crippen molar-refractivity contribution < 1.29 is 29.4 Å². The summed E-state index contributed by atoms with van der Waals surface area (Å²) in [6, 6.07) is 5.17. The Kier molecular flexibility index (Phi) is 8.40. The summed E-state index contributed by atoms with van der Waals surface area (Å²) in [7, 11) is 0. The van der Waals surface area contributed by atoms with Gasteiger partial charge in [0, 0.05) is 29.2 Å². The number of hydrogen-bond donors (Lipinski definition) is 3. The summed E-state index contributed by atoms with van der Waals surface area (Å²) >= 11 is 0. The van der Waals surface area contributed by atoms with Gasteiger partial charge in [-0.15, -0.1) is 0 Å². The smallest absolute Gasteiger partial charge is 0.323 e. The minimum absolute atomic E-state index is 0.0983. The number of Topliss-reactive ketones (excluding diaryl/α,β-unsaturated/α-hetero) is 1. The molecule has 9 heteroatoms. The summed E-state index contributed by atoms with van der Waals surface area (Å²) < 4.78 is 0. The number of carboxylic acids is 1. The summed E-state index contributed by atoms with van der Waals surface area (Å²) in [6.07, 6.45) is 11.6. The zero-order valence-corrected chi connectivity index (χ0v) is 20.6. The first kappa shape index (κ1) is 25.9. The van der Waals surface area contributed by atoms with Gasteiger partial charge in [-0.3, -0.25) is 19.2 Å². The fourth-order valence-electron chi connectivity index (χ4n) is 5.75. The first-order valence-corrected chi connectivity index (χ1v) is 13.0. The van der Waals surface area contributed by atoms with Gasteiger partial charge in [-0.1, -0.05) is 50.7 Å². The SMILES string of the molecule is O=C(O)CN(CC(=O)N(C1CCCCC1)C1CCCCC1)C(=O)C(=O)c1c[nH]c2cc(CO)ccc12. The van der Waals surface area contributed by atoms with Crippen LogP contribution >= 0.6 is 0 Å². The molecule has 194 valence electrons. The maximum Gasteiger partial charge on any atom is 0.323 e. The normalized spacial score (nSPS) is 17.1. The van der Waals surface area contributed by atoms with Crippen molar-refractivity contribution in [1.82, 2.24) is 14.8 Å². The van der Waals surface area contributed by atoms with Gasteiger partial charge in [0.2, 0.25) is 5.91 Å². The fraction of sp³-hybridized carbons (Fsp3) is 0.556. The second-order valence-electron chi connectivity index (χ2n) is 10.0. The predicted octanol–water partition coefficient (Wildman–Crippen LogP) is 3.25. The van der Waals surface area contributed by atoms with E-state index >= 15 is 0 Å². The molecule has 1 aromatic heterocycles. The van der Waals surface area contributed by atoms with Gasteiger partial charge < -0.3 is 25.0 Å². The predicted molar refractivity (Wildman–Crippen MR) is 133 cm³/mol. The lowest BCUT2D eigenvalue weighted by Gasteiger charge is -2.42. The molecule has 2 fully saturated rings. The lowest BCUT2D eigenvalue weighted by molar-refractivity contribution is -0.147. The molecule has 4 rings (SSSR count). The molecule has 9 nitrogen and oxygen atoms in total. The number of carbonyl (C=O) groups excluding carboxylic acids is 3. The molecular weight excluding hydrogens is 462 g/mol. The third-order valence-electron chi connectivity index (χ3n) is 7.53. The van der Waals surface area contributed by atoms with Crippen molar-refractivity contribution in [2.45, 2.75) is 82.9 Å². The summed E-state index contributed by atoms with van der Waals surface area (Å²) in [4.78, 5) is 57.4. The number of aromatic amines is 1. The Morgan fingerprint density at radius 2 is 1.50 bits per heavy atom. The van der Waals surface area contributed by atoms with Crippen LogP contribution in [0.1, 0.15) is 80.1 Å². The molecule has 2 aromatic rings. The maximum atomic E-state index is 13.6. The first-order valence-electron chi connectivity index (χ1n) is 13.0. The van der Waals surface area contributed by atoms with Gasteiger partial charge in [0.1, 0.15) is 13.1 Å². The van der Waals surface area contributed by atoms with Gasteiger partial charge in [-0.25, -0.2) is 0 Å². The number of H-pyrrole nitrogens is 1. The number of rotatable bonds is 9. The highest BCUT2D eigenvalue weighted by atomic mass is 16.4. The standard InChI is InChI=1S/C27H35N3O6/c31-17-18-11-12-21-22(14-28-23(21)13-18)26(35)27(36)29(16-25(33)34)15-24(32)30(19-7-3-1-4-8-19)20-9-5-2-6-10-20/h11-14,19-20,28,31H,1-10,15-17H2,(H,33,34). The van der Waals surface area contributed by atoms with Gasteiger partial charge in [-0.05, 0) is 37.3 Å². The first-order chi connectivity index (χ1) is 17.4. The molecule has 0 saturated heterocycles. The molecule has 0 aliphatic heterocycles. The highest BCUT2D eigenvalue weighted by Crippen LogP contribution is 2.30. The molecule has 2 aliphatic rings. The quantitative estimate of drug-likeness (QED) is 0.360. The van der Waals surface area contributed by atoms with E-state index in [1.54, 1.807) is 18.2 Å². The van der Waals surface area contributed by atoms with E-state index in [0.29, 0.717) is 16.5 Å². The van der Waals surface area contributed by atoms with Crippen LogP contribution in [0.15, 0.2) is 24.4 Å². The van der Waals surface area contributed by atoms with Crippen molar-refractivity contribution >= 4 is 34.5 Å². The molecule has 2 saturated carbocycles. The minimum atomic E-state index is -1.28. The van der Waals surface area contributed by atoms with Gasteiger partial charge >= 0.3 is 5.97 Å². The molecule has 0 unspecified atom stereocenters. The van der Waals surface area contributed by atoms with Crippen LogP contribution in [0.5, 0.6) is 0 Å². The number of hydrogen-bond acceptors (Lipinski definition) is 5. The number of carboxylic acid groups (broad SMARTS) is 1. The lowest BCUT2D eigenvalue weighted by Crippen LogP contribution is -2.54. The number of fused-ring (bicyclic) bond motifs is 1. The third-order valence-corrected chi connectivity index (χ3v) is 7.53. The van der Waals surface area contributed by atoms with Crippen molar-refractivity contribution in [1.29, 1.82) is 0 Å². The summed E-state index contributed by atoms with van der Waals surface area (Å²) in [5.41, 5.74) is 1.34. The number of ketones is 1. The van der Waals surface area contributed by atoms with Crippen LogP contribution in [-0.4, -0.2) is 73.7 Å². The Bertz CT molecular complexity index is 1100. The van der Waals surface area contributed by atoms with Gasteiger partial charge in [0.05, 0.1) is 12.2 Å². The molecule has 2 aliphatic carbocycles. The molecule has 1 aromatic carbocycles. The van der Waals surface area contributed by atoms with E-state index in [-0.39, 0.29) is 30.2 Å². The van der Waals surface area contributed by atoms with E-state index in [9.17, 15) is 29.4 Å². The number of aliphatic carboxylic acids is 1. The van der Waals surface area contributed by atoms with Crippen LogP contribution in [-0.2, 0) is 21.0 Å². The van der Waals surface area contributed by atoms with Crippen molar-refractivity contribution in [3.05, 3.63) is 35.5 Å². The molecule has 0 bridgehead atoms. The average molecular weight is 498 g/mol. The van der Waals surface area contributed by atoms with E-state index < -0.39 is 30.7 Å². The van der Waals surface area contributed by atoms with Gasteiger partial charge in [-0.2, -0.15) is 0 Å². The van der Waals surface area contributed by atoms with Crippen LogP contribution in [0.4, 0.5) is 0 Å². The number of aliphatic hydroxyl groups is 1. The van der Waals surface area contributed by atoms with Crippen LogP contribution < -0.4 is 0 Å². The Morgan fingerprint density at radius 3 is 2.06 bits per heavy atom. The van der Waals surface area contributed by atoms with Crippen molar-refractivity contribution in [3.63, 3.8) is 0 Å². The van der Waals surface area contributed by atoms with Crippen LogP contribution in [0.25, 0.3) is 10.9 Å². The second kappa shape index (κ2) is 11.7. The molecule has 0 spiro atoms. The molecule has 36 heavy (non-hydrogen) atoms. The zero-order valence-electron chi connectivity index (χ0n) is 20.6. The summed E-state index contributed by atoms with van der Waals surface area (Å²) in [5, 5.41) is 19.3. The van der Waals surface area contributed by atoms with Gasteiger partial charge in [0.15, 0.2) is 0 Å². The van der Waals surface area contributed by atoms with E-state index in [1.807, 2.05) is 4.90 Å². The lowest BCUT2D eigenvalue weighted by atomic mass is 9.88. The van der Waals surface area contributed by atoms with E-state index in [0.717, 1.165) is 69.1 Å². The van der Waals surface area contributed by atoms with Crippen molar-refractivity contribution in [3.8, 4) is 0 Å². The largest absolute Gasteiger partial charge is 0.480 e. The fourth-order valence-corrected chi connectivity index (χ4v) is 5.75. The third kappa shape index (κ3) is 5.78. The zero-order chi connectivity index (χ0) is 25.7. The monoisotopic (exact) mass is 497 g/mol. The number of nitrogens with zero attached hydrogens (tertiary/aromatic N) is 2. The van der Waals surface area contributed by atoms with Crippen LogP contribution in [0, 0.1) is 0 Å². The number of aromatic nitrogens is 1. The number of amides is 2. The Morgan fingerprint density at radius 1 is 0.889 bits per heavy atom. The van der Waals surface area contributed by atoms with Gasteiger partial charge in [0.25, 0.3) is 11.7 Å². The van der Waals surface area contributed by atoms with E-state index in [1.165, 1.54) is 6.20 Å². The van der Waals surface area contributed by atoms with E-state index in [4.69, 9.17) is 0 Å². The molecule has 3 N–H and O–H groups in total. The van der Waals surface area contributed by atoms with E-state index in [2.05, 4.69) is 4.98 Å². The number of carbonyl (C=O) groups is 4. The summed E-state index contributed by atoms with van der Waals surface area (Å²) in [5.74, 6) is -3.43. The Hall–Kier alpha value is -3.20. The van der Waals surface area contributed by atoms with Crippen molar-refractivity contribution in [2.75, 3.05) is 13.1 Å². The van der Waals surface area contributed by atoms with Crippen LogP contribution in [0.2, 0.25) is 0 Å².